The number of aryl methyl sites for hydroxylation is 1. The second kappa shape index (κ2) is 7.25. The first-order valence-corrected chi connectivity index (χ1v) is 8.87. The molecule has 1 aliphatic heterocycles. The van der Waals surface area contributed by atoms with E-state index in [-0.39, 0.29) is 11.9 Å². The number of nitrogens with one attached hydrogen (secondary N) is 1. The molecule has 1 aromatic carbocycles. The van der Waals surface area contributed by atoms with Crippen LogP contribution in [0.25, 0.3) is 0 Å². The molecule has 0 aliphatic carbocycles. The smallest absolute Gasteiger partial charge is 0.324 e. The van der Waals surface area contributed by atoms with Crippen LogP contribution in [0, 0.1) is 6.92 Å². The third kappa shape index (κ3) is 3.52. The first-order chi connectivity index (χ1) is 12.7. The second-order valence-electron chi connectivity index (χ2n) is 6.30. The van der Waals surface area contributed by atoms with Gasteiger partial charge in [-0.05, 0) is 31.5 Å². The van der Waals surface area contributed by atoms with Gasteiger partial charge in [-0.1, -0.05) is 34.4 Å². The quantitative estimate of drug-likeness (QED) is 0.823. The van der Waals surface area contributed by atoms with Crippen molar-refractivity contribution < 1.29 is 14.1 Å². The van der Waals surface area contributed by atoms with Crippen LogP contribution in [0.5, 0.6) is 0 Å². The largest absolute Gasteiger partial charge is 0.360 e. The Kier molecular flexibility index (Phi) is 5.17. The van der Waals surface area contributed by atoms with Gasteiger partial charge in [0.05, 0.1) is 21.7 Å². The van der Waals surface area contributed by atoms with E-state index >= 15 is 0 Å². The number of benzene rings is 1. The number of aromatic nitrogens is 1. The van der Waals surface area contributed by atoms with Gasteiger partial charge in [-0.2, -0.15) is 0 Å². The Hall–Kier alpha value is -2.51. The average Bonchev–Trinajstić information content (AvgIpc) is 3.03. The van der Waals surface area contributed by atoms with E-state index in [4.69, 9.17) is 27.7 Å². The molecule has 9 heteroatoms. The summed E-state index contributed by atoms with van der Waals surface area (Å²) in [7, 11) is 3.25. The lowest BCUT2D eigenvalue weighted by Gasteiger charge is -2.39. The van der Waals surface area contributed by atoms with Crippen molar-refractivity contribution >= 4 is 41.0 Å². The molecule has 7 nitrogen and oxygen atoms in total. The van der Waals surface area contributed by atoms with Crippen molar-refractivity contribution in [1.29, 1.82) is 0 Å². The number of nitrogens with zero attached hydrogens (tertiary/aromatic N) is 3. The van der Waals surface area contributed by atoms with Crippen molar-refractivity contribution in [3.8, 4) is 0 Å². The zero-order valence-electron chi connectivity index (χ0n) is 15.2. The molecule has 1 N–H and O–H groups in total. The minimum atomic E-state index is -0.628. The highest BCUT2D eigenvalue weighted by molar-refractivity contribution is 6.42. The Labute approximate surface area is 166 Å². The molecule has 1 aliphatic rings. The molecule has 2 aromatic rings. The molecule has 27 heavy (non-hydrogen) atoms. The molecule has 0 spiro atoms. The molecule has 0 bridgehead atoms. The maximum atomic E-state index is 13.0. The molecule has 3 amide bonds. The summed E-state index contributed by atoms with van der Waals surface area (Å²) in [4.78, 5) is 28.6. The van der Waals surface area contributed by atoms with E-state index in [1.807, 2.05) is 0 Å². The molecule has 0 radical (unpaired) electrons. The fourth-order valence-electron chi connectivity index (χ4n) is 3.03. The summed E-state index contributed by atoms with van der Waals surface area (Å²) in [5.41, 5.74) is 1.61. The number of urea groups is 1. The third-order valence-electron chi connectivity index (χ3n) is 4.52. The molecular weight excluding hydrogens is 391 g/mol. The first kappa shape index (κ1) is 19.3. The molecule has 0 unspecified atom stereocenters. The van der Waals surface area contributed by atoms with Crippen LogP contribution in [-0.4, -0.2) is 41.0 Å². The van der Waals surface area contributed by atoms with Crippen molar-refractivity contribution in [3.63, 3.8) is 0 Å². The van der Waals surface area contributed by atoms with Crippen molar-refractivity contribution in [1.82, 2.24) is 15.0 Å². The maximum absolute atomic E-state index is 13.0. The van der Waals surface area contributed by atoms with Crippen molar-refractivity contribution in [2.24, 2.45) is 0 Å². The van der Waals surface area contributed by atoms with E-state index in [1.54, 1.807) is 52.2 Å². The number of rotatable bonds is 3. The number of allylic oxidation sites excluding steroid dienone is 1. The van der Waals surface area contributed by atoms with Gasteiger partial charge in [0.15, 0.2) is 5.82 Å². The van der Waals surface area contributed by atoms with Crippen LogP contribution in [0.4, 0.5) is 10.6 Å². The van der Waals surface area contributed by atoms with Crippen molar-refractivity contribution in [2.45, 2.75) is 19.9 Å². The first-order valence-electron chi connectivity index (χ1n) is 8.11. The molecule has 2 heterocycles. The van der Waals surface area contributed by atoms with E-state index in [0.29, 0.717) is 38.5 Å². The summed E-state index contributed by atoms with van der Waals surface area (Å²) < 4.78 is 4.99. The maximum Gasteiger partial charge on any atom is 0.324 e. The van der Waals surface area contributed by atoms with Crippen LogP contribution < -0.4 is 5.32 Å². The number of hydrogen-bond donors (Lipinski definition) is 1. The fraction of sp³-hybridized carbons (Fsp3) is 0.278. The van der Waals surface area contributed by atoms with E-state index in [2.05, 4.69) is 10.5 Å². The average molecular weight is 409 g/mol. The Bertz CT molecular complexity index is 954. The fourth-order valence-corrected chi connectivity index (χ4v) is 3.34. The summed E-state index contributed by atoms with van der Waals surface area (Å²) in [6.45, 7) is 3.45. The summed E-state index contributed by atoms with van der Waals surface area (Å²) in [6, 6.07) is 5.79. The number of hydrogen-bond acceptors (Lipinski definition) is 4. The molecule has 0 saturated heterocycles. The Morgan fingerprint density at radius 2 is 1.89 bits per heavy atom. The lowest BCUT2D eigenvalue weighted by Crippen LogP contribution is -2.47. The topological polar surface area (TPSA) is 78.7 Å². The molecular formula is C18H18Cl2N4O3. The Morgan fingerprint density at radius 3 is 2.48 bits per heavy atom. The Balaban J connectivity index is 2.08. The molecule has 142 valence electrons. The van der Waals surface area contributed by atoms with Gasteiger partial charge in [-0.15, -0.1) is 0 Å². The highest BCUT2D eigenvalue weighted by atomic mass is 35.5. The van der Waals surface area contributed by atoms with Gasteiger partial charge < -0.3 is 19.6 Å². The minimum absolute atomic E-state index is 0.239. The normalized spacial score (nSPS) is 17.6. The molecule has 0 saturated carbocycles. The van der Waals surface area contributed by atoms with E-state index in [9.17, 15) is 9.59 Å². The summed E-state index contributed by atoms with van der Waals surface area (Å²) in [5.74, 6) is 0.487. The third-order valence-corrected chi connectivity index (χ3v) is 5.25. The zero-order valence-corrected chi connectivity index (χ0v) is 16.7. The SMILES string of the molecule is CC1=C(C(=O)Nc2cc(C)on2)[C@H](c2ccc(Cl)c(Cl)c2)N(C)C(=O)N1C. The monoisotopic (exact) mass is 408 g/mol. The van der Waals surface area contributed by atoms with Crippen LogP contribution in [0.15, 0.2) is 40.1 Å². The lowest BCUT2D eigenvalue weighted by molar-refractivity contribution is -0.113. The predicted molar refractivity (Wildman–Crippen MR) is 103 cm³/mol. The highest BCUT2D eigenvalue weighted by Gasteiger charge is 2.38. The number of amides is 3. The second-order valence-corrected chi connectivity index (χ2v) is 7.12. The minimum Gasteiger partial charge on any atom is -0.360 e. The van der Waals surface area contributed by atoms with Gasteiger partial charge in [0.2, 0.25) is 0 Å². The summed E-state index contributed by atoms with van der Waals surface area (Å²) in [6.07, 6.45) is 0. The molecule has 1 atom stereocenters. The van der Waals surface area contributed by atoms with Gasteiger partial charge in [0, 0.05) is 25.9 Å². The lowest BCUT2D eigenvalue weighted by atomic mass is 9.93. The van der Waals surface area contributed by atoms with Crippen LogP contribution in [0.1, 0.15) is 24.3 Å². The predicted octanol–water partition coefficient (Wildman–Crippen LogP) is 4.24. The summed E-state index contributed by atoms with van der Waals surface area (Å²) in [5, 5.41) is 7.25. The summed E-state index contributed by atoms with van der Waals surface area (Å²) >= 11 is 12.2. The number of halogens is 2. The Morgan fingerprint density at radius 1 is 1.19 bits per heavy atom. The highest BCUT2D eigenvalue weighted by Crippen LogP contribution is 2.38. The van der Waals surface area contributed by atoms with Crippen LogP contribution in [0.3, 0.4) is 0 Å². The van der Waals surface area contributed by atoms with E-state index in [0.717, 1.165) is 0 Å². The zero-order chi connectivity index (χ0) is 19.9. The van der Waals surface area contributed by atoms with Crippen LogP contribution in [0.2, 0.25) is 10.0 Å². The van der Waals surface area contributed by atoms with Crippen molar-refractivity contribution in [2.75, 3.05) is 19.4 Å². The standard InChI is InChI=1S/C18H18Cl2N4O3/c1-9-7-14(22-27-9)21-17(25)15-10(2)23(3)18(26)24(4)16(15)11-5-6-12(19)13(20)8-11/h5-8,16H,1-4H3,(H,21,22,25)/t16-/m0/s1. The number of carbonyl (C=O) groups is 2. The molecule has 1 aromatic heterocycles. The molecule has 0 fully saturated rings. The van der Waals surface area contributed by atoms with Crippen LogP contribution in [-0.2, 0) is 4.79 Å². The number of carbonyl (C=O) groups excluding carboxylic acids is 2. The van der Waals surface area contributed by atoms with Gasteiger partial charge >= 0.3 is 6.03 Å². The van der Waals surface area contributed by atoms with Crippen LogP contribution >= 0.6 is 23.2 Å². The van der Waals surface area contributed by atoms with Gasteiger partial charge in [-0.25, -0.2) is 4.79 Å². The van der Waals surface area contributed by atoms with Gasteiger partial charge in [0.25, 0.3) is 5.91 Å². The van der Waals surface area contributed by atoms with E-state index in [1.165, 1.54) is 9.80 Å². The van der Waals surface area contributed by atoms with E-state index < -0.39 is 6.04 Å². The number of anilines is 1. The van der Waals surface area contributed by atoms with Gasteiger partial charge in [-0.3, -0.25) is 4.79 Å². The molecule has 3 rings (SSSR count). The van der Waals surface area contributed by atoms with Crippen molar-refractivity contribution in [3.05, 3.63) is 56.9 Å². The van der Waals surface area contributed by atoms with Gasteiger partial charge in [0.1, 0.15) is 5.76 Å². The number of likely N-dealkylation sites (N-methyl/N-ethyl adjacent to an activating group) is 1.